The summed E-state index contributed by atoms with van der Waals surface area (Å²) in [6.45, 7) is 2.24. The molecular formula is C18H19N3O3S. The number of amides is 1. The lowest BCUT2D eigenvalue weighted by atomic mass is 10.2. The van der Waals surface area contributed by atoms with E-state index in [4.69, 9.17) is 9.47 Å². The number of ether oxygens (including phenoxy) is 2. The monoisotopic (exact) mass is 357 g/mol. The Hall–Kier alpha value is -2.80. The summed E-state index contributed by atoms with van der Waals surface area (Å²) in [7, 11) is 3.18. The first kappa shape index (κ1) is 17.0. The molecule has 0 aliphatic carbocycles. The summed E-state index contributed by atoms with van der Waals surface area (Å²) >= 11 is 1.37. The van der Waals surface area contributed by atoms with Crippen molar-refractivity contribution in [3.05, 3.63) is 58.9 Å². The molecule has 0 aliphatic rings. The van der Waals surface area contributed by atoms with Gasteiger partial charge in [0.25, 0.3) is 5.91 Å². The van der Waals surface area contributed by atoms with Crippen molar-refractivity contribution in [2.45, 2.75) is 13.5 Å². The molecule has 0 atom stereocenters. The number of aromatic nitrogens is 2. The van der Waals surface area contributed by atoms with Crippen LogP contribution in [0.1, 0.15) is 20.9 Å². The molecule has 0 fully saturated rings. The molecule has 130 valence electrons. The van der Waals surface area contributed by atoms with Crippen LogP contribution in [0.25, 0.3) is 5.13 Å². The first-order chi connectivity index (χ1) is 12.1. The fourth-order valence-electron chi connectivity index (χ4n) is 2.42. The molecule has 7 heteroatoms. The second-order valence-electron chi connectivity index (χ2n) is 5.37. The van der Waals surface area contributed by atoms with Crippen LogP contribution in [-0.2, 0) is 6.54 Å². The maximum atomic E-state index is 12.5. The van der Waals surface area contributed by atoms with Crippen LogP contribution in [0.3, 0.4) is 0 Å². The third-order valence-electron chi connectivity index (χ3n) is 3.72. The average molecular weight is 357 g/mol. The molecule has 0 saturated heterocycles. The summed E-state index contributed by atoms with van der Waals surface area (Å²) in [4.78, 5) is 17.6. The Labute approximate surface area is 150 Å². The van der Waals surface area contributed by atoms with E-state index in [9.17, 15) is 4.79 Å². The van der Waals surface area contributed by atoms with Gasteiger partial charge in [-0.3, -0.25) is 4.79 Å². The Morgan fingerprint density at radius 2 is 1.92 bits per heavy atom. The smallest absolute Gasteiger partial charge is 0.263 e. The van der Waals surface area contributed by atoms with Crippen LogP contribution in [0.2, 0.25) is 0 Å². The van der Waals surface area contributed by atoms with Crippen molar-refractivity contribution in [2.75, 3.05) is 14.2 Å². The molecule has 3 rings (SSSR count). The number of carbonyl (C=O) groups is 1. The third-order valence-corrected chi connectivity index (χ3v) is 4.89. The molecule has 0 radical (unpaired) electrons. The fourth-order valence-corrected chi connectivity index (χ4v) is 3.37. The van der Waals surface area contributed by atoms with Crippen LogP contribution >= 0.6 is 11.3 Å². The maximum absolute atomic E-state index is 12.5. The quantitative estimate of drug-likeness (QED) is 0.736. The Kier molecular flexibility index (Phi) is 5.04. The van der Waals surface area contributed by atoms with Gasteiger partial charge in [0.2, 0.25) is 0 Å². The topological polar surface area (TPSA) is 65.4 Å². The Balaban J connectivity index is 1.71. The molecule has 2 heterocycles. The number of aryl methyl sites for hydroxylation is 1. The summed E-state index contributed by atoms with van der Waals surface area (Å²) in [5, 5.41) is 3.71. The Morgan fingerprint density at radius 3 is 2.60 bits per heavy atom. The molecule has 6 nitrogen and oxygen atoms in total. The van der Waals surface area contributed by atoms with E-state index in [-0.39, 0.29) is 5.91 Å². The number of nitrogens with zero attached hydrogens (tertiary/aromatic N) is 2. The first-order valence-corrected chi connectivity index (χ1v) is 8.54. The summed E-state index contributed by atoms with van der Waals surface area (Å²) in [5.74, 6) is 1.16. The van der Waals surface area contributed by atoms with E-state index in [1.807, 2.05) is 54.2 Å². The average Bonchev–Trinajstić information content (AvgIpc) is 3.28. The number of methoxy groups -OCH3 is 2. The van der Waals surface area contributed by atoms with Gasteiger partial charge in [-0.15, -0.1) is 0 Å². The number of thiazole rings is 1. The van der Waals surface area contributed by atoms with Crippen molar-refractivity contribution in [1.82, 2.24) is 14.9 Å². The highest BCUT2D eigenvalue weighted by molar-refractivity contribution is 7.16. The van der Waals surface area contributed by atoms with Crippen molar-refractivity contribution >= 4 is 17.2 Å². The molecule has 0 aliphatic heterocycles. The highest BCUT2D eigenvalue weighted by atomic mass is 32.1. The molecule has 2 aromatic heterocycles. The van der Waals surface area contributed by atoms with Gasteiger partial charge >= 0.3 is 0 Å². The minimum atomic E-state index is -0.136. The normalized spacial score (nSPS) is 10.5. The Bertz CT molecular complexity index is 872. The van der Waals surface area contributed by atoms with Crippen LogP contribution < -0.4 is 14.8 Å². The predicted molar refractivity (Wildman–Crippen MR) is 96.9 cm³/mol. The predicted octanol–water partition coefficient (Wildman–Crippen LogP) is 3.19. The highest BCUT2D eigenvalue weighted by Crippen LogP contribution is 2.27. The highest BCUT2D eigenvalue weighted by Gasteiger charge is 2.16. The number of benzene rings is 1. The van der Waals surface area contributed by atoms with Gasteiger partial charge < -0.3 is 19.4 Å². The second kappa shape index (κ2) is 7.40. The lowest BCUT2D eigenvalue weighted by Gasteiger charge is -2.10. The van der Waals surface area contributed by atoms with Crippen molar-refractivity contribution in [1.29, 1.82) is 0 Å². The number of nitrogens with one attached hydrogen (secondary N) is 1. The van der Waals surface area contributed by atoms with E-state index in [2.05, 4.69) is 10.3 Å². The van der Waals surface area contributed by atoms with Crippen LogP contribution in [0.4, 0.5) is 0 Å². The molecular weight excluding hydrogens is 338 g/mol. The molecule has 0 spiro atoms. The zero-order valence-corrected chi connectivity index (χ0v) is 15.1. The zero-order chi connectivity index (χ0) is 17.8. The molecule has 0 bridgehead atoms. The van der Waals surface area contributed by atoms with E-state index >= 15 is 0 Å². The molecule has 0 unspecified atom stereocenters. The van der Waals surface area contributed by atoms with Gasteiger partial charge in [0.05, 0.1) is 19.9 Å². The SMILES string of the molecule is COc1ccc(CNC(=O)c2sc(-n3cccc3)nc2C)cc1OC. The summed E-state index contributed by atoms with van der Waals surface area (Å²) in [6.07, 6.45) is 3.81. The van der Waals surface area contributed by atoms with E-state index in [1.54, 1.807) is 14.2 Å². The number of hydrogen-bond acceptors (Lipinski definition) is 5. The van der Waals surface area contributed by atoms with E-state index < -0.39 is 0 Å². The second-order valence-corrected chi connectivity index (χ2v) is 6.35. The van der Waals surface area contributed by atoms with Crippen LogP contribution in [0, 0.1) is 6.92 Å². The van der Waals surface area contributed by atoms with E-state index in [1.165, 1.54) is 11.3 Å². The molecule has 3 aromatic rings. The Morgan fingerprint density at radius 1 is 1.20 bits per heavy atom. The molecule has 25 heavy (non-hydrogen) atoms. The minimum Gasteiger partial charge on any atom is -0.493 e. The lowest BCUT2D eigenvalue weighted by Crippen LogP contribution is -2.22. The minimum absolute atomic E-state index is 0.136. The first-order valence-electron chi connectivity index (χ1n) is 7.72. The standard InChI is InChI=1S/C18H19N3O3S/c1-12-16(25-18(20-12)21-8-4-5-9-21)17(22)19-11-13-6-7-14(23-2)15(10-13)24-3/h4-10H,11H2,1-3H3,(H,19,22). The third kappa shape index (κ3) is 3.66. The van der Waals surface area contributed by atoms with Crippen LogP contribution in [0.15, 0.2) is 42.7 Å². The largest absolute Gasteiger partial charge is 0.493 e. The van der Waals surface area contributed by atoms with Gasteiger partial charge in [-0.05, 0) is 36.8 Å². The summed E-state index contributed by atoms with van der Waals surface area (Å²) in [5.41, 5.74) is 1.65. The van der Waals surface area contributed by atoms with Crippen LogP contribution in [0.5, 0.6) is 11.5 Å². The van der Waals surface area contributed by atoms with Gasteiger partial charge in [0, 0.05) is 18.9 Å². The van der Waals surface area contributed by atoms with Crippen molar-refractivity contribution < 1.29 is 14.3 Å². The molecule has 1 amide bonds. The molecule has 1 aromatic carbocycles. The van der Waals surface area contributed by atoms with Gasteiger partial charge in [-0.1, -0.05) is 17.4 Å². The number of carbonyl (C=O) groups excluding carboxylic acids is 1. The van der Waals surface area contributed by atoms with E-state index in [0.717, 1.165) is 16.4 Å². The zero-order valence-electron chi connectivity index (χ0n) is 14.3. The summed E-state index contributed by atoms with van der Waals surface area (Å²) in [6, 6.07) is 9.42. The van der Waals surface area contributed by atoms with Crippen LogP contribution in [-0.4, -0.2) is 29.7 Å². The maximum Gasteiger partial charge on any atom is 0.263 e. The lowest BCUT2D eigenvalue weighted by molar-refractivity contribution is 0.0954. The van der Waals surface area contributed by atoms with E-state index in [0.29, 0.717) is 22.9 Å². The molecule has 0 saturated carbocycles. The van der Waals surface area contributed by atoms with Gasteiger partial charge in [0.15, 0.2) is 16.6 Å². The van der Waals surface area contributed by atoms with Crippen molar-refractivity contribution in [3.63, 3.8) is 0 Å². The van der Waals surface area contributed by atoms with Crippen molar-refractivity contribution in [3.8, 4) is 16.6 Å². The van der Waals surface area contributed by atoms with Gasteiger partial charge in [-0.25, -0.2) is 4.98 Å². The van der Waals surface area contributed by atoms with Gasteiger partial charge in [0.1, 0.15) is 4.88 Å². The fraction of sp³-hybridized carbons (Fsp3) is 0.222. The number of rotatable bonds is 6. The van der Waals surface area contributed by atoms with Gasteiger partial charge in [-0.2, -0.15) is 0 Å². The summed E-state index contributed by atoms with van der Waals surface area (Å²) < 4.78 is 12.4. The molecule has 1 N–H and O–H groups in total. The number of hydrogen-bond donors (Lipinski definition) is 1. The van der Waals surface area contributed by atoms with Crippen molar-refractivity contribution in [2.24, 2.45) is 0 Å².